The molecule has 3 aromatic rings. The first kappa shape index (κ1) is 29.8. The molecule has 2 saturated heterocycles. The molecule has 0 atom stereocenters. The van der Waals surface area contributed by atoms with Gasteiger partial charge in [0.25, 0.3) is 5.91 Å². The van der Waals surface area contributed by atoms with Crippen molar-refractivity contribution in [1.82, 2.24) is 25.1 Å². The zero-order valence-corrected chi connectivity index (χ0v) is 25.2. The van der Waals surface area contributed by atoms with Crippen LogP contribution < -0.4 is 10.6 Å². The highest BCUT2D eigenvalue weighted by molar-refractivity contribution is 5.96. The first-order valence-corrected chi connectivity index (χ1v) is 15.4. The van der Waals surface area contributed by atoms with E-state index in [0.717, 1.165) is 47.4 Å². The molecule has 4 heterocycles. The first-order valence-electron chi connectivity index (χ1n) is 15.4. The molecule has 2 aliphatic rings. The van der Waals surface area contributed by atoms with E-state index >= 15 is 0 Å². The highest BCUT2D eigenvalue weighted by Crippen LogP contribution is 2.28. The van der Waals surface area contributed by atoms with Crippen LogP contribution in [0.25, 0.3) is 22.2 Å². The molecule has 0 spiro atoms. The van der Waals surface area contributed by atoms with Crippen molar-refractivity contribution in [2.45, 2.75) is 70.9 Å². The quantitative estimate of drug-likeness (QED) is 0.333. The Kier molecular flexibility index (Phi) is 9.57. The van der Waals surface area contributed by atoms with Crippen LogP contribution in [0.1, 0.15) is 69.7 Å². The highest BCUT2D eigenvalue weighted by Gasteiger charge is 2.27. The van der Waals surface area contributed by atoms with Gasteiger partial charge in [0.2, 0.25) is 0 Å². The maximum Gasteiger partial charge on any atom is 0.410 e. The van der Waals surface area contributed by atoms with Crippen molar-refractivity contribution in [2.24, 2.45) is 0 Å². The molecular weight excluding hydrogens is 528 g/mol. The van der Waals surface area contributed by atoms with Gasteiger partial charge in [-0.15, -0.1) is 0 Å². The molecule has 0 unspecified atom stereocenters. The van der Waals surface area contributed by atoms with Crippen LogP contribution in [0.15, 0.2) is 48.8 Å². The lowest BCUT2D eigenvalue weighted by atomic mass is 10.0. The summed E-state index contributed by atoms with van der Waals surface area (Å²) in [4.78, 5) is 38.8. The van der Waals surface area contributed by atoms with Gasteiger partial charge in [-0.25, -0.2) is 9.78 Å². The maximum atomic E-state index is 13.0. The van der Waals surface area contributed by atoms with Gasteiger partial charge in [-0.05, 0) is 96.8 Å². The SMILES string of the molecule is CC(C)(C)OC(=O)N1CCC(NC(=O)c2ccc(-c3cc(NCCCN4CCCCC4)c4cnccc4n3)cc2)CC1. The van der Waals surface area contributed by atoms with Crippen molar-refractivity contribution >= 4 is 28.6 Å². The fraction of sp³-hybridized carbons (Fsp3) is 0.515. The van der Waals surface area contributed by atoms with Crippen molar-refractivity contribution in [3.63, 3.8) is 0 Å². The average Bonchev–Trinajstić information content (AvgIpc) is 2.99. The molecule has 2 aromatic heterocycles. The second-order valence-electron chi connectivity index (χ2n) is 12.4. The van der Waals surface area contributed by atoms with Crippen LogP contribution in [-0.2, 0) is 4.74 Å². The van der Waals surface area contributed by atoms with Crippen LogP contribution in [-0.4, -0.2) is 82.7 Å². The van der Waals surface area contributed by atoms with Crippen LogP contribution in [0.4, 0.5) is 10.5 Å². The number of rotatable bonds is 8. The Hall–Kier alpha value is -3.72. The minimum absolute atomic E-state index is 0.0233. The lowest BCUT2D eigenvalue weighted by Crippen LogP contribution is -2.47. The van der Waals surface area contributed by atoms with Crippen LogP contribution in [0.5, 0.6) is 0 Å². The van der Waals surface area contributed by atoms with Gasteiger partial charge in [0, 0.05) is 60.3 Å². The van der Waals surface area contributed by atoms with Gasteiger partial charge < -0.3 is 25.2 Å². The molecule has 9 heteroatoms. The standard InChI is InChI=1S/C33H44N6O3/c1-33(2,3)42-32(41)39-20-13-26(14-21-39)36-31(40)25-10-8-24(9-11-25)29-22-30(27-23-34-16-12-28(27)37-29)35-15-7-19-38-17-5-4-6-18-38/h8-12,16,22-23,26H,4-7,13-15,17-21H2,1-3H3,(H,35,37)(H,36,40). The van der Waals surface area contributed by atoms with E-state index in [2.05, 4.69) is 26.6 Å². The number of amides is 2. The van der Waals surface area contributed by atoms with Crippen LogP contribution in [0.2, 0.25) is 0 Å². The molecule has 2 N–H and O–H groups in total. The normalized spacial score (nSPS) is 16.8. The van der Waals surface area contributed by atoms with Crippen LogP contribution in [0.3, 0.4) is 0 Å². The number of hydrogen-bond acceptors (Lipinski definition) is 7. The average molecular weight is 573 g/mol. The number of carbonyl (C=O) groups excluding carboxylic acids is 2. The third kappa shape index (κ3) is 7.97. The Bertz CT molecular complexity index is 1360. The van der Waals surface area contributed by atoms with Gasteiger partial charge in [-0.3, -0.25) is 9.78 Å². The Morgan fingerprint density at radius 1 is 1.00 bits per heavy atom. The molecule has 42 heavy (non-hydrogen) atoms. The lowest BCUT2D eigenvalue weighted by molar-refractivity contribution is 0.0199. The van der Waals surface area contributed by atoms with Crippen molar-refractivity contribution in [1.29, 1.82) is 0 Å². The molecule has 0 saturated carbocycles. The summed E-state index contributed by atoms with van der Waals surface area (Å²) < 4.78 is 5.47. The molecule has 1 aromatic carbocycles. The number of benzene rings is 1. The molecule has 2 fully saturated rings. The molecule has 0 radical (unpaired) electrons. The molecule has 224 valence electrons. The van der Waals surface area contributed by atoms with E-state index in [1.165, 1.54) is 32.4 Å². The van der Waals surface area contributed by atoms with E-state index in [0.29, 0.717) is 31.5 Å². The number of nitrogens with zero attached hydrogens (tertiary/aromatic N) is 4. The second-order valence-corrected chi connectivity index (χ2v) is 12.4. The predicted molar refractivity (Wildman–Crippen MR) is 167 cm³/mol. The topological polar surface area (TPSA) is 99.7 Å². The zero-order chi connectivity index (χ0) is 29.5. The van der Waals surface area contributed by atoms with Gasteiger partial charge >= 0.3 is 6.09 Å². The largest absolute Gasteiger partial charge is 0.444 e. The summed E-state index contributed by atoms with van der Waals surface area (Å²) in [6.45, 7) is 11.2. The minimum atomic E-state index is -0.515. The predicted octanol–water partition coefficient (Wildman–Crippen LogP) is 5.71. The maximum absolute atomic E-state index is 13.0. The van der Waals surface area contributed by atoms with E-state index in [1.807, 2.05) is 57.3 Å². The number of piperidine rings is 2. The van der Waals surface area contributed by atoms with Gasteiger partial charge in [-0.1, -0.05) is 18.6 Å². The van der Waals surface area contributed by atoms with Crippen molar-refractivity contribution in [3.8, 4) is 11.3 Å². The number of carbonyl (C=O) groups is 2. The summed E-state index contributed by atoms with van der Waals surface area (Å²) in [5, 5.41) is 7.77. The Balaban J connectivity index is 1.18. The fourth-order valence-corrected chi connectivity index (χ4v) is 5.67. The number of ether oxygens (including phenoxy) is 1. The Labute approximate surface area is 249 Å². The Morgan fingerprint density at radius 2 is 1.74 bits per heavy atom. The molecular formula is C33H44N6O3. The third-order valence-corrected chi connectivity index (χ3v) is 7.95. The lowest BCUT2D eigenvalue weighted by Gasteiger charge is -2.33. The summed E-state index contributed by atoms with van der Waals surface area (Å²) in [5.41, 5.74) is 3.82. The van der Waals surface area contributed by atoms with Gasteiger partial charge in [0.05, 0.1) is 11.2 Å². The molecule has 0 bridgehead atoms. The van der Waals surface area contributed by atoms with E-state index < -0.39 is 5.60 Å². The number of aromatic nitrogens is 2. The van der Waals surface area contributed by atoms with Crippen LogP contribution in [0, 0.1) is 0 Å². The van der Waals surface area contributed by atoms with Crippen molar-refractivity contribution in [2.75, 3.05) is 44.6 Å². The minimum Gasteiger partial charge on any atom is -0.444 e. The number of pyridine rings is 2. The zero-order valence-electron chi connectivity index (χ0n) is 25.2. The smallest absolute Gasteiger partial charge is 0.410 e. The van der Waals surface area contributed by atoms with Gasteiger partial charge in [0.1, 0.15) is 5.60 Å². The van der Waals surface area contributed by atoms with Gasteiger partial charge in [0.15, 0.2) is 0 Å². The van der Waals surface area contributed by atoms with E-state index in [4.69, 9.17) is 9.72 Å². The summed E-state index contributed by atoms with van der Waals surface area (Å²) >= 11 is 0. The summed E-state index contributed by atoms with van der Waals surface area (Å²) in [6, 6.07) is 11.7. The third-order valence-electron chi connectivity index (χ3n) is 7.95. The molecule has 2 amide bonds. The number of hydrogen-bond donors (Lipinski definition) is 2. The van der Waals surface area contributed by atoms with Crippen LogP contribution >= 0.6 is 0 Å². The van der Waals surface area contributed by atoms with E-state index in [-0.39, 0.29) is 18.0 Å². The monoisotopic (exact) mass is 572 g/mol. The summed E-state index contributed by atoms with van der Waals surface area (Å²) in [7, 11) is 0. The first-order chi connectivity index (χ1) is 20.2. The van der Waals surface area contributed by atoms with Crippen molar-refractivity contribution in [3.05, 3.63) is 54.4 Å². The summed E-state index contributed by atoms with van der Waals surface area (Å²) in [5.74, 6) is -0.106. The molecule has 5 rings (SSSR count). The second kappa shape index (κ2) is 13.5. The number of anilines is 1. The Morgan fingerprint density at radius 3 is 2.45 bits per heavy atom. The molecule has 0 aliphatic carbocycles. The fourth-order valence-electron chi connectivity index (χ4n) is 5.67. The number of nitrogens with one attached hydrogen (secondary N) is 2. The molecule has 2 aliphatic heterocycles. The van der Waals surface area contributed by atoms with Gasteiger partial charge in [-0.2, -0.15) is 0 Å². The van der Waals surface area contributed by atoms with E-state index in [9.17, 15) is 9.59 Å². The van der Waals surface area contributed by atoms with E-state index in [1.54, 1.807) is 11.1 Å². The highest BCUT2D eigenvalue weighted by atomic mass is 16.6. The molecule has 9 nitrogen and oxygen atoms in total. The number of fused-ring (bicyclic) bond motifs is 1. The number of likely N-dealkylation sites (tertiary alicyclic amines) is 2. The summed E-state index contributed by atoms with van der Waals surface area (Å²) in [6.07, 6.45) is 9.81. The van der Waals surface area contributed by atoms with Crippen molar-refractivity contribution < 1.29 is 14.3 Å².